The van der Waals surface area contributed by atoms with Crippen LogP contribution in [0.1, 0.15) is 36.1 Å². The summed E-state index contributed by atoms with van der Waals surface area (Å²) < 4.78 is 2.27. The maximum Gasteiger partial charge on any atom is 0.170 e. The lowest BCUT2D eigenvalue weighted by molar-refractivity contribution is 0.295. The summed E-state index contributed by atoms with van der Waals surface area (Å²) in [6.45, 7) is 3.73. The number of hydrogen-bond acceptors (Lipinski definition) is 3. The number of thiocarbonyl (C=S) groups is 1. The molecule has 1 N–H and O–H groups in total. The van der Waals surface area contributed by atoms with E-state index < -0.39 is 0 Å². The minimum absolute atomic E-state index is 0.00705. The van der Waals surface area contributed by atoms with Crippen molar-refractivity contribution in [2.24, 2.45) is 0 Å². The van der Waals surface area contributed by atoms with Gasteiger partial charge in [-0.15, -0.1) is 0 Å². The van der Waals surface area contributed by atoms with E-state index >= 15 is 0 Å². The third kappa shape index (κ3) is 3.08. The van der Waals surface area contributed by atoms with Crippen molar-refractivity contribution in [3.05, 3.63) is 84.2 Å². The Kier molecular flexibility index (Phi) is 4.67. The number of aromatic nitrogens is 3. The summed E-state index contributed by atoms with van der Waals surface area (Å²) in [6, 6.07) is 16.3. The summed E-state index contributed by atoms with van der Waals surface area (Å²) in [4.78, 5) is 11.3. The van der Waals surface area contributed by atoms with Gasteiger partial charge in [0.15, 0.2) is 5.11 Å². The highest BCUT2D eigenvalue weighted by molar-refractivity contribution is 7.80. The van der Waals surface area contributed by atoms with Crippen molar-refractivity contribution in [1.82, 2.24) is 24.8 Å². The molecule has 26 heavy (non-hydrogen) atoms. The monoisotopic (exact) mass is 363 g/mol. The van der Waals surface area contributed by atoms with Crippen LogP contribution in [0.4, 0.5) is 0 Å². The summed E-state index contributed by atoms with van der Waals surface area (Å²) in [7, 11) is 0. The molecule has 5 nitrogen and oxygen atoms in total. The predicted octanol–water partition coefficient (Wildman–Crippen LogP) is 3.47. The molecule has 0 saturated carbocycles. The fourth-order valence-electron chi connectivity index (χ4n) is 3.55. The first-order valence-corrected chi connectivity index (χ1v) is 9.21. The van der Waals surface area contributed by atoms with E-state index in [1.165, 1.54) is 5.69 Å². The fraction of sp³-hybridized carbons (Fsp3) is 0.250. The smallest absolute Gasteiger partial charge is 0.170 e. The maximum atomic E-state index is 5.70. The molecule has 1 saturated heterocycles. The van der Waals surface area contributed by atoms with Crippen LogP contribution in [0.5, 0.6) is 0 Å². The molecule has 1 fully saturated rings. The summed E-state index contributed by atoms with van der Waals surface area (Å²) in [5, 5.41) is 4.22. The van der Waals surface area contributed by atoms with E-state index in [-0.39, 0.29) is 12.1 Å². The molecule has 0 bridgehead atoms. The largest absolute Gasteiger partial charge is 0.352 e. The van der Waals surface area contributed by atoms with Gasteiger partial charge in [-0.05, 0) is 55.5 Å². The van der Waals surface area contributed by atoms with Crippen molar-refractivity contribution >= 4 is 17.3 Å². The lowest BCUT2D eigenvalue weighted by atomic mass is 10.0. The minimum Gasteiger partial charge on any atom is -0.352 e. The molecule has 132 valence electrons. The molecular formula is C20H21N5S. The van der Waals surface area contributed by atoms with E-state index in [1.54, 1.807) is 0 Å². The highest BCUT2D eigenvalue weighted by Crippen LogP contribution is 2.39. The molecule has 0 aliphatic carbocycles. The molecule has 0 amide bonds. The van der Waals surface area contributed by atoms with Gasteiger partial charge in [0, 0.05) is 30.8 Å². The van der Waals surface area contributed by atoms with Gasteiger partial charge in [0.2, 0.25) is 0 Å². The van der Waals surface area contributed by atoms with Gasteiger partial charge in [0.1, 0.15) is 0 Å². The van der Waals surface area contributed by atoms with Crippen LogP contribution in [-0.4, -0.2) is 24.5 Å². The summed E-state index contributed by atoms with van der Waals surface area (Å²) >= 11 is 5.70. The Hall–Kier alpha value is -2.73. The van der Waals surface area contributed by atoms with Crippen molar-refractivity contribution in [3.8, 4) is 0 Å². The van der Waals surface area contributed by atoms with Crippen molar-refractivity contribution < 1.29 is 0 Å². The highest BCUT2D eigenvalue weighted by Gasteiger charge is 2.41. The van der Waals surface area contributed by atoms with Crippen molar-refractivity contribution in [2.45, 2.75) is 32.1 Å². The van der Waals surface area contributed by atoms with Crippen molar-refractivity contribution in [3.63, 3.8) is 0 Å². The van der Waals surface area contributed by atoms with E-state index in [0.29, 0.717) is 6.54 Å². The van der Waals surface area contributed by atoms with Gasteiger partial charge >= 0.3 is 0 Å². The second-order valence-electron chi connectivity index (χ2n) is 6.29. The Labute approximate surface area is 158 Å². The third-order valence-electron chi connectivity index (χ3n) is 4.76. The zero-order chi connectivity index (χ0) is 17.9. The van der Waals surface area contributed by atoms with Crippen LogP contribution in [0.25, 0.3) is 0 Å². The van der Waals surface area contributed by atoms with E-state index in [1.807, 2.05) is 42.7 Å². The van der Waals surface area contributed by atoms with Crippen LogP contribution >= 0.6 is 12.2 Å². The van der Waals surface area contributed by atoms with Crippen LogP contribution in [0, 0.1) is 0 Å². The Morgan fingerprint density at radius 3 is 2.54 bits per heavy atom. The number of nitrogens with one attached hydrogen (secondary N) is 1. The van der Waals surface area contributed by atoms with Gasteiger partial charge in [-0.3, -0.25) is 9.97 Å². The predicted molar refractivity (Wildman–Crippen MR) is 105 cm³/mol. The molecule has 1 aliphatic heterocycles. The fourth-order valence-corrected chi connectivity index (χ4v) is 3.85. The lowest BCUT2D eigenvalue weighted by Gasteiger charge is -2.28. The van der Waals surface area contributed by atoms with Crippen LogP contribution in [-0.2, 0) is 13.1 Å². The van der Waals surface area contributed by atoms with Gasteiger partial charge in [-0.2, -0.15) is 0 Å². The normalized spacial score (nSPS) is 19.6. The Morgan fingerprint density at radius 2 is 1.85 bits per heavy atom. The van der Waals surface area contributed by atoms with Crippen LogP contribution in [0.2, 0.25) is 0 Å². The van der Waals surface area contributed by atoms with Gasteiger partial charge in [0.25, 0.3) is 0 Å². The quantitative estimate of drug-likeness (QED) is 0.703. The number of aryl methyl sites for hydroxylation is 1. The first-order chi connectivity index (χ1) is 12.8. The molecule has 0 unspecified atom stereocenters. The molecular weight excluding hydrogens is 342 g/mol. The highest BCUT2D eigenvalue weighted by atomic mass is 32.1. The van der Waals surface area contributed by atoms with E-state index in [9.17, 15) is 0 Å². The summed E-state index contributed by atoms with van der Waals surface area (Å²) in [6.07, 6.45) is 5.77. The zero-order valence-electron chi connectivity index (χ0n) is 14.6. The van der Waals surface area contributed by atoms with E-state index in [4.69, 9.17) is 12.2 Å². The first kappa shape index (κ1) is 16.7. The second kappa shape index (κ2) is 7.25. The number of nitrogens with zero attached hydrogens (tertiary/aromatic N) is 4. The molecule has 1 aliphatic rings. The van der Waals surface area contributed by atoms with Gasteiger partial charge < -0.3 is 14.8 Å². The Morgan fingerprint density at radius 1 is 1.04 bits per heavy atom. The Balaban J connectivity index is 1.75. The number of hydrogen-bond donors (Lipinski definition) is 1. The maximum absolute atomic E-state index is 5.70. The van der Waals surface area contributed by atoms with Crippen LogP contribution < -0.4 is 5.32 Å². The van der Waals surface area contributed by atoms with Gasteiger partial charge in [0.05, 0.1) is 30.0 Å². The SMILES string of the molecule is CCn1cccc1[C@H]1[C@H](c2ccccn2)NC(=S)N1Cc1ccccn1. The van der Waals surface area contributed by atoms with E-state index in [0.717, 1.165) is 23.0 Å². The average Bonchev–Trinajstić information content (AvgIpc) is 3.28. The van der Waals surface area contributed by atoms with Gasteiger partial charge in [-0.1, -0.05) is 12.1 Å². The number of pyridine rings is 2. The Bertz CT molecular complexity index is 877. The summed E-state index contributed by atoms with van der Waals surface area (Å²) in [5.41, 5.74) is 3.22. The van der Waals surface area contributed by atoms with Gasteiger partial charge in [-0.25, -0.2) is 0 Å². The number of rotatable bonds is 5. The topological polar surface area (TPSA) is 46.0 Å². The summed E-state index contributed by atoms with van der Waals surface area (Å²) in [5.74, 6) is 0. The molecule has 4 heterocycles. The molecule has 3 aromatic heterocycles. The third-order valence-corrected chi connectivity index (χ3v) is 5.12. The van der Waals surface area contributed by atoms with E-state index in [2.05, 4.69) is 56.1 Å². The van der Waals surface area contributed by atoms with Crippen LogP contribution in [0.3, 0.4) is 0 Å². The average molecular weight is 363 g/mol. The second-order valence-corrected chi connectivity index (χ2v) is 6.68. The first-order valence-electron chi connectivity index (χ1n) is 8.81. The lowest BCUT2D eigenvalue weighted by Crippen LogP contribution is -2.30. The zero-order valence-corrected chi connectivity index (χ0v) is 15.4. The molecule has 4 rings (SSSR count). The molecule has 3 aromatic rings. The van der Waals surface area contributed by atoms with Crippen molar-refractivity contribution in [2.75, 3.05) is 0 Å². The molecule has 0 aromatic carbocycles. The molecule has 2 atom stereocenters. The molecule has 0 spiro atoms. The van der Waals surface area contributed by atoms with Crippen LogP contribution in [0.15, 0.2) is 67.1 Å². The standard InChI is InChI=1S/C20H21N5S/c1-2-24-13-7-10-17(24)19-18(16-9-4-6-12-22-16)23-20(26)25(19)14-15-8-3-5-11-21-15/h3-13,18-19H,2,14H2,1H3,(H,23,26)/t18-,19-/m0/s1. The minimum atomic E-state index is 0.00705. The van der Waals surface area contributed by atoms with Crippen molar-refractivity contribution in [1.29, 1.82) is 0 Å². The molecule has 6 heteroatoms. The molecule has 0 radical (unpaired) electrons.